The fourth-order valence-corrected chi connectivity index (χ4v) is 2.98. The molecular formula is C18H28N4O2. The molecule has 0 spiro atoms. The van der Waals surface area contributed by atoms with Gasteiger partial charge in [0.1, 0.15) is 6.26 Å². The van der Waals surface area contributed by atoms with Gasteiger partial charge in [-0.1, -0.05) is 39.8 Å². The molecule has 0 saturated carbocycles. The molecule has 3 rings (SSSR count). The molecule has 1 fully saturated rings. The molecule has 1 atom stereocenters. The van der Waals surface area contributed by atoms with Gasteiger partial charge in [-0.25, -0.2) is 4.98 Å². The Kier molecular flexibility index (Phi) is 4.76. The van der Waals surface area contributed by atoms with Crippen LogP contribution in [0.2, 0.25) is 0 Å². The van der Waals surface area contributed by atoms with E-state index in [-0.39, 0.29) is 11.3 Å². The molecule has 132 valence electrons. The predicted octanol–water partition coefficient (Wildman–Crippen LogP) is 3.86. The lowest BCUT2D eigenvalue weighted by molar-refractivity contribution is 0.179. The fraction of sp³-hybridized carbons (Fsp3) is 0.722. The second-order valence-corrected chi connectivity index (χ2v) is 8.10. The van der Waals surface area contributed by atoms with Gasteiger partial charge in [-0.3, -0.25) is 4.90 Å². The van der Waals surface area contributed by atoms with Crippen LogP contribution in [0.15, 0.2) is 15.2 Å². The van der Waals surface area contributed by atoms with Crippen LogP contribution < -0.4 is 0 Å². The van der Waals surface area contributed by atoms with Gasteiger partial charge in [0.25, 0.3) is 0 Å². The lowest BCUT2D eigenvalue weighted by Crippen LogP contribution is -2.34. The van der Waals surface area contributed by atoms with Gasteiger partial charge >= 0.3 is 0 Å². The van der Waals surface area contributed by atoms with Crippen LogP contribution in [0, 0.1) is 0 Å². The van der Waals surface area contributed by atoms with Crippen molar-refractivity contribution >= 4 is 0 Å². The summed E-state index contributed by atoms with van der Waals surface area (Å²) >= 11 is 0. The van der Waals surface area contributed by atoms with Gasteiger partial charge in [0.15, 0.2) is 5.82 Å². The number of hydrogen-bond acceptors (Lipinski definition) is 6. The van der Waals surface area contributed by atoms with Gasteiger partial charge in [-0.2, -0.15) is 4.98 Å². The summed E-state index contributed by atoms with van der Waals surface area (Å²) in [6.45, 7) is 13.3. The molecule has 0 amide bonds. The zero-order chi connectivity index (χ0) is 17.3. The van der Waals surface area contributed by atoms with E-state index in [2.05, 4.69) is 54.6 Å². The van der Waals surface area contributed by atoms with Gasteiger partial charge < -0.3 is 8.94 Å². The molecule has 0 bridgehead atoms. The van der Waals surface area contributed by atoms with E-state index in [0.29, 0.717) is 5.92 Å². The smallest absolute Gasteiger partial charge is 0.229 e. The minimum atomic E-state index is 0.0179. The Labute approximate surface area is 143 Å². The van der Waals surface area contributed by atoms with E-state index in [4.69, 9.17) is 8.94 Å². The Bertz CT molecular complexity index is 669. The molecule has 2 aromatic heterocycles. The van der Waals surface area contributed by atoms with Crippen molar-refractivity contribution in [3.8, 4) is 0 Å². The molecule has 0 N–H and O–H groups in total. The first-order valence-electron chi connectivity index (χ1n) is 8.83. The average molecular weight is 332 g/mol. The second-order valence-electron chi connectivity index (χ2n) is 8.10. The third-order valence-electron chi connectivity index (χ3n) is 4.50. The Balaban J connectivity index is 1.64. The molecule has 6 nitrogen and oxygen atoms in total. The van der Waals surface area contributed by atoms with Gasteiger partial charge in [0, 0.05) is 23.8 Å². The summed E-state index contributed by atoms with van der Waals surface area (Å²) in [5.74, 6) is 2.95. The van der Waals surface area contributed by atoms with Gasteiger partial charge in [0.2, 0.25) is 11.8 Å². The molecule has 24 heavy (non-hydrogen) atoms. The maximum atomic E-state index is 5.67. The molecule has 1 aliphatic rings. The third kappa shape index (κ3) is 3.86. The number of nitrogens with zero attached hydrogens (tertiary/aromatic N) is 4. The van der Waals surface area contributed by atoms with Crippen LogP contribution in [0.5, 0.6) is 0 Å². The summed E-state index contributed by atoms with van der Waals surface area (Å²) in [6.07, 6.45) is 4.01. The van der Waals surface area contributed by atoms with Crippen molar-refractivity contribution in [3.05, 3.63) is 29.6 Å². The van der Waals surface area contributed by atoms with Crippen molar-refractivity contribution in [2.24, 2.45) is 0 Å². The highest BCUT2D eigenvalue weighted by Crippen LogP contribution is 2.27. The van der Waals surface area contributed by atoms with Crippen molar-refractivity contribution in [1.82, 2.24) is 20.0 Å². The Morgan fingerprint density at radius 2 is 2.08 bits per heavy atom. The number of aromatic nitrogens is 3. The van der Waals surface area contributed by atoms with Crippen LogP contribution in [-0.4, -0.2) is 33.1 Å². The van der Waals surface area contributed by atoms with E-state index in [1.54, 1.807) is 6.26 Å². The molecule has 3 heterocycles. The van der Waals surface area contributed by atoms with Crippen LogP contribution in [-0.2, 0) is 12.0 Å². The molecule has 0 aromatic carbocycles. The Morgan fingerprint density at radius 3 is 2.71 bits per heavy atom. The standard InChI is InChI=1S/C18H28N4O2/c1-12(2)17-20-16(21-24-17)13-7-6-8-22(9-13)10-15-19-14(11-23-15)18(3,4)5/h11-13H,6-10H2,1-5H3. The summed E-state index contributed by atoms with van der Waals surface area (Å²) in [6, 6.07) is 0. The van der Waals surface area contributed by atoms with E-state index in [0.717, 1.165) is 55.8 Å². The fourth-order valence-electron chi connectivity index (χ4n) is 2.98. The van der Waals surface area contributed by atoms with Gasteiger partial charge in [0.05, 0.1) is 12.2 Å². The number of rotatable bonds is 4. The first-order valence-corrected chi connectivity index (χ1v) is 8.83. The van der Waals surface area contributed by atoms with E-state index in [1.807, 2.05) is 0 Å². The average Bonchev–Trinajstić information content (AvgIpc) is 3.16. The summed E-state index contributed by atoms with van der Waals surface area (Å²) < 4.78 is 11.0. The van der Waals surface area contributed by atoms with E-state index >= 15 is 0 Å². The summed E-state index contributed by atoms with van der Waals surface area (Å²) in [5, 5.41) is 4.19. The quantitative estimate of drug-likeness (QED) is 0.847. The van der Waals surface area contributed by atoms with E-state index < -0.39 is 0 Å². The topological polar surface area (TPSA) is 68.2 Å². The van der Waals surface area contributed by atoms with Crippen LogP contribution in [0.3, 0.4) is 0 Å². The zero-order valence-electron chi connectivity index (χ0n) is 15.4. The van der Waals surface area contributed by atoms with Crippen molar-refractivity contribution in [1.29, 1.82) is 0 Å². The summed E-state index contributed by atoms with van der Waals surface area (Å²) in [5.41, 5.74) is 1.02. The second kappa shape index (κ2) is 6.67. The number of likely N-dealkylation sites (tertiary alicyclic amines) is 1. The lowest BCUT2D eigenvalue weighted by atomic mass is 9.93. The molecule has 1 aliphatic heterocycles. The molecule has 1 saturated heterocycles. The van der Waals surface area contributed by atoms with Crippen molar-refractivity contribution in [2.45, 2.75) is 71.3 Å². The van der Waals surface area contributed by atoms with E-state index in [1.165, 1.54) is 0 Å². The zero-order valence-corrected chi connectivity index (χ0v) is 15.4. The Morgan fingerprint density at radius 1 is 1.29 bits per heavy atom. The molecule has 6 heteroatoms. The highest BCUT2D eigenvalue weighted by molar-refractivity contribution is 5.08. The SMILES string of the molecule is CC(C)c1nc(C2CCCN(Cc3nc(C(C)(C)C)co3)C2)no1. The lowest BCUT2D eigenvalue weighted by Gasteiger charge is -2.30. The summed E-state index contributed by atoms with van der Waals surface area (Å²) in [4.78, 5) is 11.6. The van der Waals surface area contributed by atoms with Crippen LogP contribution in [0.4, 0.5) is 0 Å². The van der Waals surface area contributed by atoms with Crippen LogP contribution in [0.25, 0.3) is 0 Å². The molecule has 1 unspecified atom stereocenters. The highest BCUT2D eigenvalue weighted by Gasteiger charge is 2.27. The molecule has 0 aliphatic carbocycles. The normalized spacial score (nSPS) is 20.0. The van der Waals surface area contributed by atoms with Crippen LogP contribution in [0.1, 0.15) is 82.6 Å². The first kappa shape index (κ1) is 17.1. The number of hydrogen-bond donors (Lipinski definition) is 0. The van der Waals surface area contributed by atoms with Gasteiger partial charge in [-0.05, 0) is 19.4 Å². The number of oxazole rings is 1. The highest BCUT2D eigenvalue weighted by atomic mass is 16.5. The first-order chi connectivity index (χ1) is 11.3. The maximum absolute atomic E-state index is 5.67. The molecular weight excluding hydrogens is 304 g/mol. The van der Waals surface area contributed by atoms with Crippen molar-refractivity contribution < 1.29 is 8.94 Å². The van der Waals surface area contributed by atoms with Gasteiger partial charge in [-0.15, -0.1) is 0 Å². The predicted molar refractivity (Wildman–Crippen MR) is 90.8 cm³/mol. The summed E-state index contributed by atoms with van der Waals surface area (Å²) in [7, 11) is 0. The minimum absolute atomic E-state index is 0.0179. The number of piperidine rings is 1. The van der Waals surface area contributed by atoms with Crippen LogP contribution >= 0.6 is 0 Å². The maximum Gasteiger partial charge on any atom is 0.229 e. The largest absolute Gasteiger partial charge is 0.447 e. The molecule has 2 aromatic rings. The van der Waals surface area contributed by atoms with E-state index in [9.17, 15) is 0 Å². The van der Waals surface area contributed by atoms with Crippen molar-refractivity contribution in [3.63, 3.8) is 0 Å². The monoisotopic (exact) mass is 332 g/mol. The third-order valence-corrected chi connectivity index (χ3v) is 4.50. The Hall–Kier alpha value is -1.69. The molecule has 0 radical (unpaired) electrons. The van der Waals surface area contributed by atoms with Crippen molar-refractivity contribution in [2.75, 3.05) is 13.1 Å². The minimum Gasteiger partial charge on any atom is -0.447 e.